The summed E-state index contributed by atoms with van der Waals surface area (Å²) in [5, 5.41) is 11.5. The number of nitrogens with zero attached hydrogens (tertiary/aromatic N) is 2. The third-order valence-corrected chi connectivity index (χ3v) is 3.16. The summed E-state index contributed by atoms with van der Waals surface area (Å²) < 4.78 is 1.73. The number of carboxylic acid groups (broad SMARTS) is 1. The van der Waals surface area contributed by atoms with E-state index in [1.807, 2.05) is 18.2 Å². The molecule has 3 rings (SSSR count). The Balaban J connectivity index is 2.45. The maximum Gasteiger partial charge on any atom is 0.323 e. The van der Waals surface area contributed by atoms with Crippen LogP contribution in [0.25, 0.3) is 21.8 Å². The fourth-order valence-corrected chi connectivity index (χ4v) is 2.40. The van der Waals surface area contributed by atoms with Crippen molar-refractivity contribution in [1.29, 1.82) is 0 Å². The van der Waals surface area contributed by atoms with Crippen LogP contribution in [0.2, 0.25) is 5.02 Å². The van der Waals surface area contributed by atoms with Gasteiger partial charge in [0.25, 0.3) is 0 Å². The van der Waals surface area contributed by atoms with E-state index in [1.165, 1.54) is 0 Å². The molecule has 2 aromatic heterocycles. The number of carboxylic acids is 1. The van der Waals surface area contributed by atoms with E-state index in [-0.39, 0.29) is 6.54 Å². The molecule has 0 aliphatic carbocycles. The van der Waals surface area contributed by atoms with E-state index >= 15 is 0 Å². The predicted molar refractivity (Wildman–Crippen MR) is 69.9 cm³/mol. The highest BCUT2D eigenvalue weighted by molar-refractivity contribution is 6.31. The standard InChI is InChI=1S/C13H9ClN2O2/c14-8-1-2-11-10(5-8)9-3-4-15-6-12(9)16(11)7-13(17)18/h1-6H,7H2,(H,17,18). The number of carbonyl (C=O) groups is 1. The summed E-state index contributed by atoms with van der Waals surface area (Å²) in [6.45, 7) is -0.0900. The largest absolute Gasteiger partial charge is 0.480 e. The van der Waals surface area contributed by atoms with E-state index in [4.69, 9.17) is 16.7 Å². The summed E-state index contributed by atoms with van der Waals surface area (Å²) in [6, 6.07) is 7.30. The van der Waals surface area contributed by atoms with Crippen LogP contribution in [0.3, 0.4) is 0 Å². The van der Waals surface area contributed by atoms with Gasteiger partial charge in [-0.3, -0.25) is 9.78 Å². The topological polar surface area (TPSA) is 55.1 Å². The zero-order valence-corrected chi connectivity index (χ0v) is 10.1. The zero-order chi connectivity index (χ0) is 12.7. The Hall–Kier alpha value is -2.07. The van der Waals surface area contributed by atoms with E-state index < -0.39 is 5.97 Å². The molecule has 4 nitrogen and oxygen atoms in total. The number of fused-ring (bicyclic) bond motifs is 3. The van der Waals surface area contributed by atoms with Gasteiger partial charge < -0.3 is 9.67 Å². The predicted octanol–water partition coefficient (Wildman–Crippen LogP) is 2.93. The number of rotatable bonds is 2. The van der Waals surface area contributed by atoms with Crippen molar-refractivity contribution in [1.82, 2.24) is 9.55 Å². The molecule has 0 atom stereocenters. The van der Waals surface area contributed by atoms with Crippen molar-refractivity contribution in [3.63, 3.8) is 0 Å². The van der Waals surface area contributed by atoms with E-state index in [0.717, 1.165) is 21.8 Å². The Bertz CT molecular complexity index is 764. The number of benzene rings is 1. The molecule has 0 spiro atoms. The summed E-state index contributed by atoms with van der Waals surface area (Å²) in [7, 11) is 0. The molecule has 0 bridgehead atoms. The summed E-state index contributed by atoms with van der Waals surface area (Å²) in [5.74, 6) is -0.882. The van der Waals surface area contributed by atoms with Crippen molar-refractivity contribution in [3.05, 3.63) is 41.7 Å². The fourth-order valence-electron chi connectivity index (χ4n) is 2.22. The maximum absolute atomic E-state index is 11.0. The van der Waals surface area contributed by atoms with Crippen molar-refractivity contribution in [2.24, 2.45) is 0 Å². The van der Waals surface area contributed by atoms with Gasteiger partial charge in [-0.1, -0.05) is 11.6 Å². The number of aromatic nitrogens is 2. The molecule has 0 saturated carbocycles. The minimum atomic E-state index is -0.882. The van der Waals surface area contributed by atoms with Gasteiger partial charge in [-0.15, -0.1) is 0 Å². The van der Waals surface area contributed by atoms with Gasteiger partial charge in [0.05, 0.1) is 11.7 Å². The normalized spacial score (nSPS) is 11.2. The molecule has 18 heavy (non-hydrogen) atoms. The first-order valence-corrected chi connectivity index (χ1v) is 5.78. The molecule has 0 radical (unpaired) electrons. The molecule has 0 fully saturated rings. The lowest BCUT2D eigenvalue weighted by molar-refractivity contribution is -0.137. The van der Waals surface area contributed by atoms with Crippen LogP contribution in [0.1, 0.15) is 0 Å². The summed E-state index contributed by atoms with van der Waals surface area (Å²) >= 11 is 5.99. The average molecular weight is 261 g/mol. The van der Waals surface area contributed by atoms with E-state index in [9.17, 15) is 4.79 Å². The first-order valence-electron chi connectivity index (χ1n) is 5.40. The lowest BCUT2D eigenvalue weighted by Crippen LogP contribution is -2.08. The summed E-state index contributed by atoms with van der Waals surface area (Å²) in [4.78, 5) is 15.0. The lowest BCUT2D eigenvalue weighted by Gasteiger charge is -2.02. The molecule has 3 aromatic rings. The SMILES string of the molecule is O=C(O)Cn1c2ccc(Cl)cc2c2ccncc21. The highest BCUT2D eigenvalue weighted by Gasteiger charge is 2.12. The minimum absolute atomic E-state index is 0.0900. The second-order valence-electron chi connectivity index (χ2n) is 4.03. The molecule has 0 unspecified atom stereocenters. The second-order valence-corrected chi connectivity index (χ2v) is 4.47. The Morgan fingerprint density at radius 3 is 2.89 bits per heavy atom. The highest BCUT2D eigenvalue weighted by atomic mass is 35.5. The van der Waals surface area contributed by atoms with Crippen molar-refractivity contribution in [2.45, 2.75) is 6.54 Å². The maximum atomic E-state index is 11.0. The van der Waals surface area contributed by atoms with Crippen LogP contribution in [0.4, 0.5) is 0 Å². The Kier molecular flexibility index (Phi) is 2.45. The molecule has 1 aromatic carbocycles. The number of hydrogen-bond acceptors (Lipinski definition) is 2. The van der Waals surface area contributed by atoms with Crippen molar-refractivity contribution in [2.75, 3.05) is 0 Å². The number of hydrogen-bond donors (Lipinski definition) is 1. The molecular weight excluding hydrogens is 252 g/mol. The molecule has 0 aliphatic rings. The number of aliphatic carboxylic acids is 1. The van der Waals surface area contributed by atoms with Gasteiger partial charge in [0.1, 0.15) is 6.54 Å². The summed E-state index contributed by atoms with van der Waals surface area (Å²) in [5.41, 5.74) is 1.65. The van der Waals surface area contributed by atoms with Crippen LogP contribution in [0, 0.1) is 0 Å². The fraction of sp³-hybridized carbons (Fsp3) is 0.0769. The van der Waals surface area contributed by atoms with Crippen LogP contribution in [-0.4, -0.2) is 20.6 Å². The van der Waals surface area contributed by atoms with Crippen LogP contribution < -0.4 is 0 Å². The van der Waals surface area contributed by atoms with E-state index in [2.05, 4.69) is 4.98 Å². The van der Waals surface area contributed by atoms with Crippen LogP contribution >= 0.6 is 11.6 Å². The van der Waals surface area contributed by atoms with Crippen molar-refractivity contribution < 1.29 is 9.90 Å². The smallest absolute Gasteiger partial charge is 0.323 e. The van der Waals surface area contributed by atoms with Crippen LogP contribution in [-0.2, 0) is 11.3 Å². The first kappa shape index (κ1) is 11.0. The minimum Gasteiger partial charge on any atom is -0.480 e. The molecule has 5 heteroatoms. The molecule has 1 N–H and O–H groups in total. The Morgan fingerprint density at radius 1 is 1.28 bits per heavy atom. The lowest BCUT2D eigenvalue weighted by atomic mass is 10.2. The molecule has 0 saturated heterocycles. The van der Waals surface area contributed by atoms with E-state index in [1.54, 1.807) is 23.0 Å². The van der Waals surface area contributed by atoms with Gasteiger partial charge in [0.2, 0.25) is 0 Å². The molecular formula is C13H9ClN2O2. The number of pyridine rings is 1. The number of halogens is 1. The van der Waals surface area contributed by atoms with Gasteiger partial charge in [-0.2, -0.15) is 0 Å². The molecule has 0 aliphatic heterocycles. The molecule has 90 valence electrons. The quantitative estimate of drug-likeness (QED) is 0.771. The van der Waals surface area contributed by atoms with E-state index in [0.29, 0.717) is 5.02 Å². The second kappa shape index (κ2) is 3.99. The zero-order valence-electron chi connectivity index (χ0n) is 9.30. The third-order valence-electron chi connectivity index (χ3n) is 2.92. The van der Waals surface area contributed by atoms with Gasteiger partial charge >= 0.3 is 5.97 Å². The van der Waals surface area contributed by atoms with Gasteiger partial charge in [-0.05, 0) is 24.3 Å². The van der Waals surface area contributed by atoms with Crippen LogP contribution in [0.5, 0.6) is 0 Å². The third kappa shape index (κ3) is 1.62. The highest BCUT2D eigenvalue weighted by Crippen LogP contribution is 2.30. The van der Waals surface area contributed by atoms with Crippen LogP contribution in [0.15, 0.2) is 36.7 Å². The average Bonchev–Trinajstić information content (AvgIpc) is 2.64. The van der Waals surface area contributed by atoms with Gasteiger partial charge in [0, 0.05) is 27.5 Å². The Labute approximate surface area is 107 Å². The first-order chi connectivity index (χ1) is 8.66. The van der Waals surface area contributed by atoms with Gasteiger partial charge in [-0.25, -0.2) is 0 Å². The van der Waals surface area contributed by atoms with Crippen molar-refractivity contribution >= 4 is 39.4 Å². The Morgan fingerprint density at radius 2 is 2.11 bits per heavy atom. The molecule has 0 amide bonds. The van der Waals surface area contributed by atoms with Crippen molar-refractivity contribution in [3.8, 4) is 0 Å². The summed E-state index contributed by atoms with van der Waals surface area (Å²) in [6.07, 6.45) is 3.36. The monoisotopic (exact) mass is 260 g/mol. The van der Waals surface area contributed by atoms with Gasteiger partial charge in [0.15, 0.2) is 0 Å². The molecule has 2 heterocycles.